The Morgan fingerprint density at radius 1 is 1.08 bits per heavy atom. The average molecular weight is 162 g/mol. The van der Waals surface area contributed by atoms with Crippen LogP contribution < -0.4 is 5.73 Å². The molecule has 1 heteroatoms. The monoisotopic (exact) mass is 162 g/mol. The van der Waals surface area contributed by atoms with Gasteiger partial charge in [0.05, 0.1) is 0 Å². The van der Waals surface area contributed by atoms with Crippen molar-refractivity contribution < 1.29 is 0 Å². The number of hydrogen-bond donors (Lipinski definition) is 0. The SMILES string of the molecule is Cc1ccc(CCCC[NH])cc1. The fourth-order valence-electron chi connectivity index (χ4n) is 1.21. The fourth-order valence-corrected chi connectivity index (χ4v) is 1.21. The molecule has 0 spiro atoms. The van der Waals surface area contributed by atoms with Crippen LogP contribution in [0.5, 0.6) is 0 Å². The Morgan fingerprint density at radius 2 is 1.75 bits per heavy atom. The third-order valence-corrected chi connectivity index (χ3v) is 2.01. The smallest absolute Gasteiger partial charge is 0.00999 e. The van der Waals surface area contributed by atoms with Gasteiger partial charge in [-0.05, 0) is 31.7 Å². The van der Waals surface area contributed by atoms with Gasteiger partial charge in [-0.25, -0.2) is 0 Å². The molecule has 1 aromatic carbocycles. The van der Waals surface area contributed by atoms with E-state index in [1.807, 2.05) is 0 Å². The second-order valence-corrected chi connectivity index (χ2v) is 3.19. The summed E-state index contributed by atoms with van der Waals surface area (Å²) in [5, 5.41) is 0. The van der Waals surface area contributed by atoms with E-state index >= 15 is 0 Å². The molecule has 0 fully saturated rings. The number of nitrogens with one attached hydrogen (secondary N) is 1. The first kappa shape index (κ1) is 9.27. The zero-order valence-corrected chi connectivity index (χ0v) is 7.64. The van der Waals surface area contributed by atoms with E-state index in [1.165, 1.54) is 11.1 Å². The summed E-state index contributed by atoms with van der Waals surface area (Å²) >= 11 is 0. The van der Waals surface area contributed by atoms with Gasteiger partial charge in [-0.1, -0.05) is 29.8 Å². The second kappa shape index (κ2) is 4.94. The molecule has 0 aromatic heterocycles. The molecular weight excluding hydrogens is 146 g/mol. The second-order valence-electron chi connectivity index (χ2n) is 3.19. The van der Waals surface area contributed by atoms with Crippen molar-refractivity contribution in [3.8, 4) is 0 Å². The number of hydrogen-bond acceptors (Lipinski definition) is 0. The highest BCUT2D eigenvalue weighted by molar-refractivity contribution is 5.21. The molecule has 0 bridgehead atoms. The van der Waals surface area contributed by atoms with E-state index in [4.69, 9.17) is 5.73 Å². The van der Waals surface area contributed by atoms with Gasteiger partial charge in [0, 0.05) is 6.54 Å². The Morgan fingerprint density at radius 3 is 2.33 bits per heavy atom. The molecule has 1 nitrogen and oxygen atoms in total. The van der Waals surface area contributed by atoms with Crippen LogP contribution in [0, 0.1) is 6.92 Å². The first-order valence-electron chi connectivity index (χ1n) is 4.53. The van der Waals surface area contributed by atoms with Crippen LogP contribution in [0.25, 0.3) is 0 Å². The summed E-state index contributed by atoms with van der Waals surface area (Å²) in [7, 11) is 0. The van der Waals surface area contributed by atoms with Gasteiger partial charge >= 0.3 is 0 Å². The minimum atomic E-state index is 0.561. The molecule has 0 aliphatic rings. The van der Waals surface area contributed by atoms with E-state index in [0.29, 0.717) is 6.54 Å². The highest BCUT2D eigenvalue weighted by Gasteiger charge is 1.91. The van der Waals surface area contributed by atoms with Gasteiger partial charge in [0.15, 0.2) is 0 Å². The van der Waals surface area contributed by atoms with Gasteiger partial charge in [0.2, 0.25) is 0 Å². The number of benzene rings is 1. The van der Waals surface area contributed by atoms with Crippen LogP contribution in [0.4, 0.5) is 0 Å². The normalized spacial score (nSPS) is 10.2. The standard InChI is InChI=1S/C11H16N/c1-10-5-7-11(8-6-10)4-2-3-9-12/h5-8,12H,2-4,9H2,1H3. The number of rotatable bonds is 4. The van der Waals surface area contributed by atoms with Crippen molar-refractivity contribution in [3.05, 3.63) is 35.4 Å². The molecule has 0 heterocycles. The van der Waals surface area contributed by atoms with Crippen molar-refractivity contribution in [3.63, 3.8) is 0 Å². The summed E-state index contributed by atoms with van der Waals surface area (Å²) in [5.41, 5.74) is 9.72. The van der Waals surface area contributed by atoms with Crippen molar-refractivity contribution in [2.45, 2.75) is 26.2 Å². The van der Waals surface area contributed by atoms with Crippen molar-refractivity contribution >= 4 is 0 Å². The van der Waals surface area contributed by atoms with Gasteiger partial charge in [-0.3, -0.25) is 5.73 Å². The molecule has 0 saturated carbocycles. The lowest BCUT2D eigenvalue weighted by Gasteiger charge is -2.00. The highest BCUT2D eigenvalue weighted by Crippen LogP contribution is 2.06. The van der Waals surface area contributed by atoms with Crippen molar-refractivity contribution in [2.24, 2.45) is 0 Å². The van der Waals surface area contributed by atoms with Gasteiger partial charge in [-0.2, -0.15) is 0 Å². The minimum absolute atomic E-state index is 0.561. The largest absolute Gasteiger partial charge is 0.258 e. The van der Waals surface area contributed by atoms with Gasteiger partial charge < -0.3 is 0 Å². The lowest BCUT2D eigenvalue weighted by Crippen LogP contribution is -1.89. The lowest BCUT2D eigenvalue weighted by molar-refractivity contribution is 0.735. The molecule has 1 radical (unpaired) electrons. The molecule has 0 aliphatic heterocycles. The zero-order valence-electron chi connectivity index (χ0n) is 7.64. The van der Waals surface area contributed by atoms with Gasteiger partial charge in [0.25, 0.3) is 0 Å². The lowest BCUT2D eigenvalue weighted by atomic mass is 10.1. The Bertz CT molecular complexity index is 213. The highest BCUT2D eigenvalue weighted by atomic mass is 14.5. The molecule has 0 unspecified atom stereocenters. The molecule has 1 rings (SSSR count). The topological polar surface area (TPSA) is 23.8 Å². The third kappa shape index (κ3) is 3.05. The first-order chi connectivity index (χ1) is 5.83. The maximum atomic E-state index is 7.00. The van der Waals surface area contributed by atoms with E-state index in [2.05, 4.69) is 31.2 Å². The van der Waals surface area contributed by atoms with Crippen molar-refractivity contribution in [1.29, 1.82) is 0 Å². The quantitative estimate of drug-likeness (QED) is 0.608. The van der Waals surface area contributed by atoms with E-state index in [9.17, 15) is 0 Å². The maximum absolute atomic E-state index is 7.00. The fraction of sp³-hybridized carbons (Fsp3) is 0.455. The first-order valence-corrected chi connectivity index (χ1v) is 4.53. The van der Waals surface area contributed by atoms with Crippen molar-refractivity contribution in [2.75, 3.05) is 6.54 Å². The van der Waals surface area contributed by atoms with Crippen LogP contribution in [-0.4, -0.2) is 6.54 Å². The van der Waals surface area contributed by atoms with Gasteiger partial charge in [0.1, 0.15) is 0 Å². The molecule has 0 atom stereocenters. The summed E-state index contributed by atoms with van der Waals surface area (Å²) in [4.78, 5) is 0. The average Bonchev–Trinajstić information content (AvgIpc) is 2.09. The van der Waals surface area contributed by atoms with E-state index in [1.54, 1.807) is 0 Å². The predicted molar refractivity (Wildman–Crippen MR) is 52.1 cm³/mol. The molecule has 1 N–H and O–H groups in total. The Kier molecular flexibility index (Phi) is 3.81. The number of unbranched alkanes of at least 4 members (excludes halogenated alkanes) is 1. The zero-order chi connectivity index (χ0) is 8.81. The minimum Gasteiger partial charge on any atom is -0.258 e. The molecular formula is C11H16N. The van der Waals surface area contributed by atoms with Crippen LogP contribution in [-0.2, 0) is 6.42 Å². The molecule has 0 aliphatic carbocycles. The van der Waals surface area contributed by atoms with Crippen LogP contribution in [0.3, 0.4) is 0 Å². The van der Waals surface area contributed by atoms with E-state index in [-0.39, 0.29) is 0 Å². The van der Waals surface area contributed by atoms with Crippen LogP contribution in [0.2, 0.25) is 0 Å². The van der Waals surface area contributed by atoms with Crippen LogP contribution >= 0.6 is 0 Å². The summed E-state index contributed by atoms with van der Waals surface area (Å²) in [5.74, 6) is 0. The summed E-state index contributed by atoms with van der Waals surface area (Å²) in [6.07, 6.45) is 3.29. The predicted octanol–water partition coefficient (Wildman–Crippen LogP) is 2.60. The van der Waals surface area contributed by atoms with Gasteiger partial charge in [-0.15, -0.1) is 0 Å². The van der Waals surface area contributed by atoms with Crippen LogP contribution in [0.15, 0.2) is 24.3 Å². The molecule has 65 valence electrons. The Balaban J connectivity index is 2.37. The van der Waals surface area contributed by atoms with E-state index < -0.39 is 0 Å². The third-order valence-electron chi connectivity index (χ3n) is 2.01. The molecule has 12 heavy (non-hydrogen) atoms. The maximum Gasteiger partial charge on any atom is 0.00999 e. The summed E-state index contributed by atoms with van der Waals surface area (Å²) < 4.78 is 0. The molecule has 0 amide bonds. The van der Waals surface area contributed by atoms with Crippen LogP contribution in [0.1, 0.15) is 24.0 Å². The summed E-state index contributed by atoms with van der Waals surface area (Å²) in [6.45, 7) is 2.67. The van der Waals surface area contributed by atoms with Crippen molar-refractivity contribution in [1.82, 2.24) is 5.73 Å². The molecule has 0 saturated heterocycles. The Hall–Kier alpha value is -0.820. The van der Waals surface area contributed by atoms with E-state index in [0.717, 1.165) is 19.3 Å². The Labute approximate surface area is 74.6 Å². The number of aryl methyl sites for hydroxylation is 2. The summed E-state index contributed by atoms with van der Waals surface area (Å²) in [6, 6.07) is 8.66. The molecule has 1 aromatic rings.